The van der Waals surface area contributed by atoms with Crippen molar-refractivity contribution in [3.8, 4) is 0 Å². The van der Waals surface area contributed by atoms with Crippen LogP contribution in [0.4, 0.5) is 0 Å². The molecule has 0 atom stereocenters. The van der Waals surface area contributed by atoms with Crippen molar-refractivity contribution in [1.29, 1.82) is 0 Å². The fourth-order valence-electron chi connectivity index (χ4n) is 3.95. The number of rotatable bonds is 7. The lowest BCUT2D eigenvalue weighted by Crippen LogP contribution is -2.11. The summed E-state index contributed by atoms with van der Waals surface area (Å²) >= 11 is 0. The Morgan fingerprint density at radius 2 is 1.93 bits per heavy atom. The number of primary amides is 1. The Labute approximate surface area is 165 Å². The molecule has 0 radical (unpaired) electrons. The Kier molecular flexibility index (Phi) is 5.11. The average molecular weight is 371 g/mol. The first kappa shape index (κ1) is 18.2. The van der Waals surface area contributed by atoms with E-state index >= 15 is 0 Å². The molecule has 4 aromatic rings. The van der Waals surface area contributed by atoms with Crippen molar-refractivity contribution in [1.82, 2.24) is 9.55 Å². The van der Waals surface area contributed by atoms with Crippen molar-refractivity contribution < 1.29 is 4.79 Å². The van der Waals surface area contributed by atoms with E-state index < -0.39 is 5.91 Å². The van der Waals surface area contributed by atoms with E-state index in [1.807, 2.05) is 36.5 Å². The van der Waals surface area contributed by atoms with Crippen molar-refractivity contribution in [2.45, 2.75) is 39.2 Å². The van der Waals surface area contributed by atoms with Crippen LogP contribution in [0.15, 0.2) is 60.8 Å². The predicted octanol–water partition coefficient (Wildman–Crippen LogP) is 5.07. The maximum absolute atomic E-state index is 12.1. The summed E-state index contributed by atoms with van der Waals surface area (Å²) < 4.78 is 2.25. The molecule has 2 aromatic heterocycles. The van der Waals surface area contributed by atoms with Gasteiger partial charge in [-0.3, -0.25) is 9.78 Å². The number of amides is 1. The molecule has 0 aliphatic heterocycles. The SMILES string of the molecule is CCCCCc1ccc2c3c(C(N)=O)cccc3n(Cc3ccccn3)c2c1. The van der Waals surface area contributed by atoms with E-state index in [-0.39, 0.29) is 0 Å². The molecule has 0 bridgehead atoms. The number of benzene rings is 2. The van der Waals surface area contributed by atoms with Crippen molar-refractivity contribution >= 4 is 27.7 Å². The van der Waals surface area contributed by atoms with Gasteiger partial charge < -0.3 is 10.3 Å². The highest BCUT2D eigenvalue weighted by molar-refractivity contribution is 6.17. The molecule has 4 nitrogen and oxygen atoms in total. The number of unbranched alkanes of at least 4 members (excludes halogenated alkanes) is 2. The van der Waals surface area contributed by atoms with Crippen molar-refractivity contribution in [2.24, 2.45) is 5.73 Å². The second kappa shape index (κ2) is 7.85. The number of hydrogen-bond acceptors (Lipinski definition) is 2. The first-order chi connectivity index (χ1) is 13.7. The van der Waals surface area contributed by atoms with E-state index in [1.165, 1.54) is 24.8 Å². The zero-order valence-electron chi connectivity index (χ0n) is 16.2. The Balaban J connectivity index is 1.92. The number of hydrogen-bond donors (Lipinski definition) is 1. The van der Waals surface area contributed by atoms with E-state index in [9.17, 15) is 4.79 Å². The molecule has 28 heavy (non-hydrogen) atoms. The van der Waals surface area contributed by atoms with Crippen LogP contribution in [0.25, 0.3) is 21.8 Å². The number of pyridine rings is 1. The van der Waals surface area contributed by atoms with Crippen LogP contribution in [-0.2, 0) is 13.0 Å². The molecule has 4 heteroatoms. The topological polar surface area (TPSA) is 60.9 Å². The maximum Gasteiger partial charge on any atom is 0.249 e. The minimum atomic E-state index is -0.394. The third-order valence-corrected chi connectivity index (χ3v) is 5.34. The molecule has 0 aliphatic carbocycles. The van der Waals surface area contributed by atoms with Gasteiger partial charge in [-0.25, -0.2) is 0 Å². The third-order valence-electron chi connectivity index (χ3n) is 5.34. The number of carbonyl (C=O) groups is 1. The lowest BCUT2D eigenvalue weighted by Gasteiger charge is -2.08. The smallest absolute Gasteiger partial charge is 0.249 e. The molecule has 0 saturated heterocycles. The molecule has 0 saturated carbocycles. The van der Waals surface area contributed by atoms with E-state index in [0.717, 1.165) is 33.9 Å². The molecule has 0 unspecified atom stereocenters. The number of nitrogens with zero attached hydrogens (tertiary/aromatic N) is 2. The van der Waals surface area contributed by atoms with Crippen LogP contribution in [0.2, 0.25) is 0 Å². The van der Waals surface area contributed by atoms with Crippen molar-refractivity contribution in [3.05, 3.63) is 77.6 Å². The summed E-state index contributed by atoms with van der Waals surface area (Å²) in [6.07, 6.45) is 6.52. The van der Waals surface area contributed by atoms with Crippen LogP contribution >= 0.6 is 0 Å². The third kappa shape index (κ3) is 3.38. The zero-order valence-corrected chi connectivity index (χ0v) is 16.2. The molecule has 2 aromatic carbocycles. The van der Waals surface area contributed by atoms with Gasteiger partial charge in [-0.15, -0.1) is 0 Å². The first-order valence-corrected chi connectivity index (χ1v) is 9.92. The summed E-state index contributed by atoms with van der Waals surface area (Å²) in [7, 11) is 0. The van der Waals surface area contributed by atoms with E-state index in [4.69, 9.17) is 5.73 Å². The van der Waals surface area contributed by atoms with Gasteiger partial charge in [0.15, 0.2) is 0 Å². The average Bonchev–Trinajstić information content (AvgIpc) is 3.02. The zero-order chi connectivity index (χ0) is 19.5. The van der Waals surface area contributed by atoms with Gasteiger partial charge >= 0.3 is 0 Å². The minimum Gasteiger partial charge on any atom is -0.366 e. The first-order valence-electron chi connectivity index (χ1n) is 9.92. The largest absolute Gasteiger partial charge is 0.366 e. The van der Waals surface area contributed by atoms with Gasteiger partial charge in [0.2, 0.25) is 5.91 Å². The number of aromatic nitrogens is 2. The number of nitrogens with two attached hydrogens (primary N) is 1. The van der Waals surface area contributed by atoms with Crippen molar-refractivity contribution in [2.75, 3.05) is 0 Å². The maximum atomic E-state index is 12.1. The molecular formula is C24H25N3O. The Hall–Kier alpha value is -3.14. The number of carbonyl (C=O) groups excluding carboxylic acids is 1. The lowest BCUT2D eigenvalue weighted by molar-refractivity contribution is 0.100. The standard InChI is InChI=1S/C24H25N3O/c1-2-3-4-8-17-12-13-19-22(15-17)27(16-18-9-5-6-14-26-18)21-11-7-10-20(23(19)21)24(25)28/h5-7,9-15H,2-4,8,16H2,1H3,(H2,25,28). The minimum absolute atomic E-state index is 0.394. The van der Waals surface area contributed by atoms with E-state index in [0.29, 0.717) is 12.1 Å². The fourth-order valence-corrected chi connectivity index (χ4v) is 3.95. The predicted molar refractivity (Wildman–Crippen MR) is 115 cm³/mol. The molecule has 2 heterocycles. The van der Waals surface area contributed by atoms with Crippen LogP contribution in [0.3, 0.4) is 0 Å². The Bertz CT molecular complexity index is 1130. The highest BCUT2D eigenvalue weighted by Gasteiger charge is 2.17. The normalized spacial score (nSPS) is 11.3. The molecule has 0 aliphatic rings. The lowest BCUT2D eigenvalue weighted by atomic mass is 10.0. The molecule has 1 amide bonds. The molecule has 4 rings (SSSR count). The van der Waals surface area contributed by atoms with Gasteiger partial charge in [0.25, 0.3) is 0 Å². The highest BCUT2D eigenvalue weighted by atomic mass is 16.1. The summed E-state index contributed by atoms with van der Waals surface area (Å²) in [4.78, 5) is 16.6. The van der Waals surface area contributed by atoms with Gasteiger partial charge in [0, 0.05) is 28.0 Å². The Morgan fingerprint density at radius 3 is 2.68 bits per heavy atom. The fraction of sp³-hybridized carbons (Fsp3) is 0.250. The summed E-state index contributed by atoms with van der Waals surface area (Å²) in [6.45, 7) is 2.88. The molecule has 142 valence electrons. The van der Waals surface area contributed by atoms with Gasteiger partial charge in [0.05, 0.1) is 17.8 Å². The van der Waals surface area contributed by atoms with Crippen LogP contribution in [0.1, 0.15) is 47.8 Å². The van der Waals surface area contributed by atoms with Gasteiger partial charge in [-0.05, 0) is 48.7 Å². The second-order valence-corrected chi connectivity index (χ2v) is 7.28. The molecule has 2 N–H and O–H groups in total. The van der Waals surface area contributed by atoms with Gasteiger partial charge in [0.1, 0.15) is 0 Å². The molecule has 0 fully saturated rings. The Morgan fingerprint density at radius 1 is 1.04 bits per heavy atom. The van der Waals surface area contributed by atoms with Crippen LogP contribution in [0.5, 0.6) is 0 Å². The van der Waals surface area contributed by atoms with E-state index in [1.54, 1.807) is 0 Å². The van der Waals surface area contributed by atoms with Gasteiger partial charge in [-0.2, -0.15) is 0 Å². The summed E-state index contributed by atoms with van der Waals surface area (Å²) in [5.74, 6) is -0.394. The van der Waals surface area contributed by atoms with Crippen molar-refractivity contribution in [3.63, 3.8) is 0 Å². The second-order valence-electron chi connectivity index (χ2n) is 7.28. The summed E-state index contributed by atoms with van der Waals surface area (Å²) in [5, 5.41) is 2.00. The van der Waals surface area contributed by atoms with Gasteiger partial charge in [-0.1, -0.05) is 44.0 Å². The monoisotopic (exact) mass is 371 g/mol. The summed E-state index contributed by atoms with van der Waals surface area (Å²) in [5.41, 5.74) is 10.7. The quantitative estimate of drug-likeness (QED) is 0.461. The van der Waals surface area contributed by atoms with Crippen LogP contribution in [0, 0.1) is 0 Å². The highest BCUT2D eigenvalue weighted by Crippen LogP contribution is 2.33. The van der Waals surface area contributed by atoms with Crippen LogP contribution in [-0.4, -0.2) is 15.5 Å². The van der Waals surface area contributed by atoms with E-state index in [2.05, 4.69) is 40.7 Å². The molecular weight excluding hydrogens is 346 g/mol. The number of fused-ring (bicyclic) bond motifs is 3. The number of aryl methyl sites for hydroxylation is 1. The molecule has 0 spiro atoms. The van der Waals surface area contributed by atoms with Crippen LogP contribution < -0.4 is 5.73 Å². The summed E-state index contributed by atoms with van der Waals surface area (Å²) in [6, 6.07) is 18.3.